The van der Waals surface area contributed by atoms with E-state index in [9.17, 15) is 10.2 Å². The van der Waals surface area contributed by atoms with Crippen LogP contribution in [0.1, 0.15) is 24.0 Å². The highest BCUT2D eigenvalue weighted by atomic mass is 16.5. The van der Waals surface area contributed by atoms with Crippen LogP contribution < -0.4 is 9.47 Å². The summed E-state index contributed by atoms with van der Waals surface area (Å²) in [7, 11) is 3.03. The number of phenolic OH excluding ortho intramolecular Hbond substituents is 2. The zero-order valence-corrected chi connectivity index (χ0v) is 15.1. The molecule has 0 bridgehead atoms. The average Bonchev–Trinajstić information content (AvgIpc) is 2.66. The van der Waals surface area contributed by atoms with Gasteiger partial charge in [0.15, 0.2) is 23.0 Å². The summed E-state index contributed by atoms with van der Waals surface area (Å²) in [6.45, 7) is 1.30. The molecular weight excluding hydrogens is 332 g/mol. The number of benzene rings is 2. The third-order valence-electron chi connectivity index (χ3n) is 3.79. The molecule has 2 rings (SSSR count). The van der Waals surface area contributed by atoms with Crippen LogP contribution in [-0.2, 0) is 0 Å². The Hall–Kier alpha value is -3.02. The van der Waals surface area contributed by atoms with E-state index in [0.717, 1.165) is 12.8 Å². The number of hydrogen-bond acceptors (Lipinski definition) is 6. The maximum Gasteiger partial charge on any atom is 0.166 e. The molecule has 0 aliphatic carbocycles. The van der Waals surface area contributed by atoms with E-state index in [1.165, 1.54) is 14.2 Å². The molecule has 0 spiro atoms. The number of methoxy groups -OCH3 is 2. The van der Waals surface area contributed by atoms with Crippen LogP contribution in [0, 0.1) is 0 Å². The molecule has 0 aliphatic rings. The van der Waals surface area contributed by atoms with E-state index in [0.29, 0.717) is 35.7 Å². The normalized spacial score (nSPS) is 11.3. The topological polar surface area (TPSA) is 83.6 Å². The predicted octanol–water partition coefficient (Wildman–Crippen LogP) is 3.43. The zero-order chi connectivity index (χ0) is 18.8. The van der Waals surface area contributed by atoms with E-state index in [-0.39, 0.29) is 11.5 Å². The van der Waals surface area contributed by atoms with Gasteiger partial charge in [0.25, 0.3) is 0 Å². The summed E-state index contributed by atoms with van der Waals surface area (Å²) >= 11 is 0. The van der Waals surface area contributed by atoms with E-state index in [2.05, 4.69) is 9.98 Å². The monoisotopic (exact) mass is 356 g/mol. The second-order valence-corrected chi connectivity index (χ2v) is 5.57. The van der Waals surface area contributed by atoms with Gasteiger partial charge in [0.2, 0.25) is 0 Å². The van der Waals surface area contributed by atoms with Crippen molar-refractivity contribution < 1.29 is 19.7 Å². The maximum atomic E-state index is 9.96. The number of phenols is 2. The van der Waals surface area contributed by atoms with Crippen molar-refractivity contribution in [3.8, 4) is 23.0 Å². The number of hydrogen-bond donors (Lipinski definition) is 2. The van der Waals surface area contributed by atoms with Gasteiger partial charge in [0.1, 0.15) is 0 Å². The van der Waals surface area contributed by atoms with Gasteiger partial charge in [0, 0.05) is 36.6 Å². The van der Waals surface area contributed by atoms with Crippen LogP contribution in [0.2, 0.25) is 0 Å². The summed E-state index contributed by atoms with van der Waals surface area (Å²) in [4.78, 5) is 8.64. The van der Waals surface area contributed by atoms with Crippen molar-refractivity contribution in [2.75, 3.05) is 27.3 Å². The Labute approximate surface area is 153 Å². The minimum Gasteiger partial charge on any atom is -0.504 e. The van der Waals surface area contributed by atoms with Crippen molar-refractivity contribution in [2.24, 2.45) is 9.98 Å². The molecule has 2 N–H and O–H groups in total. The van der Waals surface area contributed by atoms with E-state index in [1.807, 2.05) is 12.1 Å². The quantitative estimate of drug-likeness (QED) is 0.532. The van der Waals surface area contributed by atoms with Gasteiger partial charge in [-0.05, 0) is 37.1 Å². The highest BCUT2D eigenvalue weighted by molar-refractivity contribution is 5.85. The fraction of sp³-hybridized carbons (Fsp3) is 0.300. The Balaban J connectivity index is 1.74. The Kier molecular flexibility index (Phi) is 7.49. The third kappa shape index (κ3) is 5.24. The van der Waals surface area contributed by atoms with E-state index in [4.69, 9.17) is 9.47 Å². The van der Waals surface area contributed by atoms with Gasteiger partial charge in [-0.25, -0.2) is 0 Å². The van der Waals surface area contributed by atoms with Gasteiger partial charge in [-0.15, -0.1) is 0 Å². The average molecular weight is 356 g/mol. The first kappa shape index (κ1) is 19.3. The molecule has 2 aromatic carbocycles. The maximum absolute atomic E-state index is 9.96. The van der Waals surface area contributed by atoms with Crippen LogP contribution in [0.25, 0.3) is 0 Å². The molecule has 0 amide bonds. The lowest BCUT2D eigenvalue weighted by molar-refractivity contribution is 0.373. The Morgan fingerprint density at radius 1 is 0.769 bits per heavy atom. The summed E-state index contributed by atoms with van der Waals surface area (Å²) in [6, 6.07) is 10.6. The van der Waals surface area contributed by atoms with E-state index >= 15 is 0 Å². The number of ether oxygens (including phenoxy) is 2. The first-order chi connectivity index (χ1) is 12.7. The number of unbranched alkanes of at least 4 members (excludes halogenated alkanes) is 1. The number of aromatic hydroxyl groups is 2. The fourth-order valence-electron chi connectivity index (χ4n) is 2.35. The SMILES string of the molecule is COc1cccc(C=NCCCCN=Cc2cccc(OC)c2O)c1O. The minimum atomic E-state index is 0.0986. The highest BCUT2D eigenvalue weighted by Gasteiger charge is 2.05. The van der Waals surface area contributed by atoms with Crippen LogP contribution >= 0.6 is 0 Å². The van der Waals surface area contributed by atoms with Gasteiger partial charge in [-0.2, -0.15) is 0 Å². The predicted molar refractivity (Wildman–Crippen MR) is 103 cm³/mol. The zero-order valence-electron chi connectivity index (χ0n) is 15.1. The molecule has 6 heteroatoms. The smallest absolute Gasteiger partial charge is 0.166 e. The first-order valence-electron chi connectivity index (χ1n) is 8.39. The Morgan fingerprint density at radius 3 is 1.58 bits per heavy atom. The van der Waals surface area contributed by atoms with Crippen molar-refractivity contribution in [2.45, 2.75) is 12.8 Å². The van der Waals surface area contributed by atoms with Crippen LogP contribution in [-0.4, -0.2) is 50.0 Å². The Bertz CT molecular complexity index is 707. The highest BCUT2D eigenvalue weighted by Crippen LogP contribution is 2.28. The molecule has 0 saturated heterocycles. The number of nitrogens with zero attached hydrogens (tertiary/aromatic N) is 2. The molecule has 0 heterocycles. The van der Waals surface area contributed by atoms with E-state index in [1.54, 1.807) is 36.7 Å². The summed E-state index contributed by atoms with van der Waals surface area (Å²) < 4.78 is 10.1. The molecule has 0 aromatic heterocycles. The van der Waals surface area contributed by atoms with E-state index < -0.39 is 0 Å². The fourth-order valence-corrected chi connectivity index (χ4v) is 2.35. The third-order valence-corrected chi connectivity index (χ3v) is 3.79. The second kappa shape index (κ2) is 10.1. The van der Waals surface area contributed by atoms with Gasteiger partial charge >= 0.3 is 0 Å². The molecule has 0 unspecified atom stereocenters. The van der Waals surface area contributed by atoms with Crippen LogP contribution in [0.4, 0.5) is 0 Å². The molecule has 0 saturated carbocycles. The lowest BCUT2D eigenvalue weighted by Crippen LogP contribution is -1.91. The van der Waals surface area contributed by atoms with Crippen molar-refractivity contribution in [3.05, 3.63) is 47.5 Å². The first-order valence-corrected chi connectivity index (χ1v) is 8.39. The van der Waals surface area contributed by atoms with Gasteiger partial charge in [-0.3, -0.25) is 9.98 Å². The summed E-state index contributed by atoms with van der Waals surface area (Å²) in [5.74, 6) is 1.07. The number of rotatable bonds is 9. The standard InChI is InChI=1S/C20H24N2O4/c1-25-17-9-5-7-15(19(17)23)13-21-11-3-4-12-22-14-16-8-6-10-18(26-2)20(16)24/h5-10,13-14,23-24H,3-4,11-12H2,1-2H3. The molecule has 2 aromatic rings. The van der Waals surface area contributed by atoms with Crippen molar-refractivity contribution in [3.63, 3.8) is 0 Å². The Morgan fingerprint density at radius 2 is 1.19 bits per heavy atom. The van der Waals surface area contributed by atoms with Crippen LogP contribution in [0.5, 0.6) is 23.0 Å². The number of aliphatic imine (C=N–C) groups is 2. The minimum absolute atomic E-state index is 0.0986. The van der Waals surface area contributed by atoms with Crippen molar-refractivity contribution >= 4 is 12.4 Å². The molecule has 0 atom stereocenters. The van der Waals surface area contributed by atoms with Gasteiger partial charge < -0.3 is 19.7 Å². The second-order valence-electron chi connectivity index (χ2n) is 5.57. The van der Waals surface area contributed by atoms with Crippen molar-refractivity contribution in [1.29, 1.82) is 0 Å². The van der Waals surface area contributed by atoms with Crippen LogP contribution in [0.3, 0.4) is 0 Å². The van der Waals surface area contributed by atoms with Gasteiger partial charge in [-0.1, -0.05) is 12.1 Å². The summed E-state index contributed by atoms with van der Waals surface area (Å²) in [5, 5.41) is 19.9. The lowest BCUT2D eigenvalue weighted by atomic mass is 10.2. The molecule has 0 fully saturated rings. The lowest BCUT2D eigenvalue weighted by Gasteiger charge is -2.05. The molecule has 6 nitrogen and oxygen atoms in total. The molecule has 0 aliphatic heterocycles. The molecule has 26 heavy (non-hydrogen) atoms. The summed E-state index contributed by atoms with van der Waals surface area (Å²) in [5.41, 5.74) is 1.27. The molecule has 138 valence electrons. The number of para-hydroxylation sites is 2. The largest absolute Gasteiger partial charge is 0.504 e. The summed E-state index contributed by atoms with van der Waals surface area (Å²) in [6.07, 6.45) is 5.05. The van der Waals surface area contributed by atoms with Crippen LogP contribution in [0.15, 0.2) is 46.4 Å². The van der Waals surface area contributed by atoms with Gasteiger partial charge in [0.05, 0.1) is 14.2 Å². The molecular formula is C20H24N2O4. The molecule has 0 radical (unpaired) electrons. The van der Waals surface area contributed by atoms with Crippen molar-refractivity contribution in [1.82, 2.24) is 0 Å².